The van der Waals surface area contributed by atoms with Crippen molar-refractivity contribution in [2.45, 2.75) is 26.2 Å². The molecule has 0 aliphatic carbocycles. The van der Waals surface area contributed by atoms with E-state index in [1.54, 1.807) is 24.3 Å². The van der Waals surface area contributed by atoms with E-state index >= 15 is 0 Å². The average Bonchev–Trinajstić information content (AvgIpc) is 3.18. The number of likely N-dealkylation sites (tertiary alicyclic amines) is 1. The second kappa shape index (κ2) is 10.8. The van der Waals surface area contributed by atoms with Crippen LogP contribution in [0.5, 0.6) is 0 Å². The number of ether oxygens (including phenoxy) is 1. The fourth-order valence-corrected chi connectivity index (χ4v) is 5.60. The Hall–Kier alpha value is -1.93. The van der Waals surface area contributed by atoms with E-state index in [2.05, 4.69) is 10.2 Å². The van der Waals surface area contributed by atoms with E-state index in [1.165, 1.54) is 17.8 Å². The number of hydrogen-bond donors (Lipinski definition) is 1. The van der Waals surface area contributed by atoms with Crippen molar-refractivity contribution in [2.24, 2.45) is 5.92 Å². The standard InChI is InChI=1S/C24H30ClN3O3S/c1-17-16-21(26-23(29)19-4-2-3-5-20(19)25)32-22(17)24(30)28-10-7-18(8-11-28)6-9-27-12-14-31-15-13-27/h2-5,16,18H,6-15H2,1H3,(H,26,29). The number of halogens is 1. The quantitative estimate of drug-likeness (QED) is 0.666. The molecule has 0 saturated carbocycles. The molecule has 2 aliphatic rings. The third-order valence-electron chi connectivity index (χ3n) is 6.33. The van der Waals surface area contributed by atoms with Crippen LogP contribution < -0.4 is 5.32 Å². The van der Waals surface area contributed by atoms with Crippen LogP contribution >= 0.6 is 22.9 Å². The maximum atomic E-state index is 13.1. The molecule has 0 unspecified atom stereocenters. The van der Waals surface area contributed by atoms with Crippen LogP contribution in [0.4, 0.5) is 5.00 Å². The number of nitrogens with zero attached hydrogens (tertiary/aromatic N) is 2. The third kappa shape index (κ3) is 5.70. The van der Waals surface area contributed by atoms with Crippen molar-refractivity contribution in [2.75, 3.05) is 51.3 Å². The van der Waals surface area contributed by atoms with E-state index in [4.69, 9.17) is 16.3 Å². The molecule has 4 rings (SSSR count). The van der Waals surface area contributed by atoms with Gasteiger partial charge in [0.15, 0.2) is 0 Å². The summed E-state index contributed by atoms with van der Waals surface area (Å²) in [4.78, 5) is 30.8. The van der Waals surface area contributed by atoms with Crippen molar-refractivity contribution in [3.8, 4) is 0 Å². The topological polar surface area (TPSA) is 61.9 Å². The summed E-state index contributed by atoms with van der Waals surface area (Å²) in [6.07, 6.45) is 3.30. The van der Waals surface area contributed by atoms with Crippen molar-refractivity contribution in [3.63, 3.8) is 0 Å². The molecule has 0 atom stereocenters. The minimum atomic E-state index is -0.267. The van der Waals surface area contributed by atoms with Gasteiger partial charge in [-0.15, -0.1) is 11.3 Å². The van der Waals surface area contributed by atoms with Gasteiger partial charge in [-0.05, 0) is 62.4 Å². The van der Waals surface area contributed by atoms with Crippen molar-refractivity contribution in [1.82, 2.24) is 9.80 Å². The van der Waals surface area contributed by atoms with Crippen LogP contribution in [-0.2, 0) is 4.74 Å². The number of carbonyl (C=O) groups excluding carboxylic acids is 2. The number of piperidine rings is 1. The zero-order chi connectivity index (χ0) is 22.5. The molecular formula is C24H30ClN3O3S. The zero-order valence-electron chi connectivity index (χ0n) is 18.4. The van der Waals surface area contributed by atoms with Crippen LogP contribution in [-0.4, -0.2) is 67.6 Å². The molecule has 32 heavy (non-hydrogen) atoms. The molecule has 2 aromatic rings. The van der Waals surface area contributed by atoms with E-state index in [0.717, 1.165) is 64.3 Å². The molecule has 6 nitrogen and oxygen atoms in total. The highest BCUT2D eigenvalue weighted by Crippen LogP contribution is 2.30. The average molecular weight is 476 g/mol. The summed E-state index contributed by atoms with van der Waals surface area (Å²) >= 11 is 7.46. The molecule has 2 saturated heterocycles. The van der Waals surface area contributed by atoms with Gasteiger partial charge in [-0.3, -0.25) is 14.5 Å². The Bertz CT molecular complexity index is 950. The summed E-state index contributed by atoms with van der Waals surface area (Å²) in [6.45, 7) is 8.39. The number of morpholine rings is 1. The number of amides is 2. The summed E-state index contributed by atoms with van der Waals surface area (Å²) in [6, 6.07) is 8.81. The molecule has 1 N–H and O–H groups in total. The van der Waals surface area contributed by atoms with Crippen molar-refractivity contribution in [3.05, 3.63) is 51.4 Å². The molecule has 172 valence electrons. The molecule has 0 spiro atoms. The van der Waals surface area contributed by atoms with Crippen LogP contribution in [0.25, 0.3) is 0 Å². The van der Waals surface area contributed by atoms with Crippen LogP contribution in [0.3, 0.4) is 0 Å². The second-order valence-corrected chi connectivity index (χ2v) is 9.99. The molecule has 8 heteroatoms. The monoisotopic (exact) mass is 475 g/mol. The SMILES string of the molecule is Cc1cc(NC(=O)c2ccccc2Cl)sc1C(=O)N1CCC(CCN2CCOCC2)CC1. The minimum absolute atomic E-state index is 0.0670. The van der Waals surface area contributed by atoms with Gasteiger partial charge in [0.1, 0.15) is 0 Å². The highest BCUT2D eigenvalue weighted by Gasteiger charge is 2.26. The van der Waals surface area contributed by atoms with Gasteiger partial charge >= 0.3 is 0 Å². The Kier molecular flexibility index (Phi) is 7.84. The number of aryl methyl sites for hydroxylation is 1. The fourth-order valence-electron chi connectivity index (χ4n) is 4.34. The number of rotatable bonds is 6. The van der Waals surface area contributed by atoms with Crippen LogP contribution in [0.2, 0.25) is 5.02 Å². The van der Waals surface area contributed by atoms with Crippen molar-refractivity contribution >= 4 is 39.8 Å². The van der Waals surface area contributed by atoms with Gasteiger partial charge in [-0.25, -0.2) is 0 Å². The number of anilines is 1. The normalized spacial score (nSPS) is 18.0. The van der Waals surface area contributed by atoms with Crippen LogP contribution in [0.1, 0.15) is 44.9 Å². The first kappa shape index (κ1) is 23.2. The maximum absolute atomic E-state index is 13.1. The molecule has 0 radical (unpaired) electrons. The highest BCUT2D eigenvalue weighted by molar-refractivity contribution is 7.18. The van der Waals surface area contributed by atoms with Crippen LogP contribution in [0.15, 0.2) is 30.3 Å². The number of nitrogens with one attached hydrogen (secondary N) is 1. The molecule has 2 fully saturated rings. The first-order valence-corrected chi connectivity index (χ1v) is 12.5. The first-order valence-electron chi connectivity index (χ1n) is 11.3. The fraction of sp³-hybridized carbons (Fsp3) is 0.500. The Balaban J connectivity index is 1.30. The molecule has 0 bridgehead atoms. The lowest BCUT2D eigenvalue weighted by Crippen LogP contribution is -2.40. The molecule has 2 amide bonds. The van der Waals surface area contributed by atoms with Crippen molar-refractivity contribution < 1.29 is 14.3 Å². The summed E-state index contributed by atoms with van der Waals surface area (Å²) < 4.78 is 5.42. The second-order valence-electron chi connectivity index (χ2n) is 8.54. The molecular weight excluding hydrogens is 446 g/mol. The van der Waals surface area contributed by atoms with Gasteiger partial charge in [-0.2, -0.15) is 0 Å². The van der Waals surface area contributed by atoms with E-state index in [9.17, 15) is 9.59 Å². The van der Waals surface area contributed by atoms with E-state index < -0.39 is 0 Å². The summed E-state index contributed by atoms with van der Waals surface area (Å²) in [7, 11) is 0. The van der Waals surface area contributed by atoms with E-state index in [-0.39, 0.29) is 11.8 Å². The first-order chi connectivity index (χ1) is 15.5. The largest absolute Gasteiger partial charge is 0.379 e. The smallest absolute Gasteiger partial charge is 0.264 e. The summed E-state index contributed by atoms with van der Waals surface area (Å²) in [5.74, 6) is 0.478. The van der Waals surface area contributed by atoms with Gasteiger partial charge in [-0.1, -0.05) is 23.7 Å². The number of thiophene rings is 1. The zero-order valence-corrected chi connectivity index (χ0v) is 20.0. The summed E-state index contributed by atoms with van der Waals surface area (Å²) in [5, 5.41) is 3.96. The summed E-state index contributed by atoms with van der Waals surface area (Å²) in [5.41, 5.74) is 1.32. The van der Waals surface area contributed by atoms with E-state index in [0.29, 0.717) is 26.4 Å². The number of hydrogen-bond acceptors (Lipinski definition) is 5. The van der Waals surface area contributed by atoms with Gasteiger partial charge in [0, 0.05) is 26.2 Å². The van der Waals surface area contributed by atoms with E-state index in [1.807, 2.05) is 17.9 Å². The number of carbonyl (C=O) groups is 2. The van der Waals surface area contributed by atoms with Gasteiger partial charge in [0.25, 0.3) is 11.8 Å². The maximum Gasteiger partial charge on any atom is 0.264 e. The molecule has 1 aromatic heterocycles. The Morgan fingerprint density at radius 1 is 1.16 bits per heavy atom. The van der Waals surface area contributed by atoms with Crippen molar-refractivity contribution in [1.29, 1.82) is 0 Å². The lowest BCUT2D eigenvalue weighted by Gasteiger charge is -2.34. The van der Waals surface area contributed by atoms with Crippen LogP contribution in [0, 0.1) is 12.8 Å². The Morgan fingerprint density at radius 3 is 2.59 bits per heavy atom. The highest BCUT2D eigenvalue weighted by atomic mass is 35.5. The number of benzene rings is 1. The predicted octanol–water partition coefficient (Wildman–Crippen LogP) is 4.54. The molecule has 1 aromatic carbocycles. The Morgan fingerprint density at radius 2 is 1.88 bits per heavy atom. The molecule has 3 heterocycles. The lowest BCUT2D eigenvalue weighted by molar-refractivity contribution is 0.0332. The third-order valence-corrected chi connectivity index (χ3v) is 7.80. The molecule has 2 aliphatic heterocycles. The van der Waals surface area contributed by atoms with Gasteiger partial charge < -0.3 is 15.0 Å². The Labute approximate surface area is 198 Å². The predicted molar refractivity (Wildman–Crippen MR) is 129 cm³/mol. The lowest BCUT2D eigenvalue weighted by atomic mass is 9.93. The van der Waals surface area contributed by atoms with Gasteiger partial charge in [0.05, 0.1) is 33.7 Å². The minimum Gasteiger partial charge on any atom is -0.379 e. The van der Waals surface area contributed by atoms with Gasteiger partial charge in [0.2, 0.25) is 0 Å².